The Balaban J connectivity index is 1.81. The SMILES string of the molecule is CCc1cnc(C(C)NCCc2scnc2C)s1. The van der Waals surface area contributed by atoms with E-state index in [0.717, 1.165) is 25.1 Å². The third-order valence-electron chi connectivity index (χ3n) is 2.94. The Kier molecular flexibility index (Phi) is 4.86. The van der Waals surface area contributed by atoms with Gasteiger partial charge in [-0.15, -0.1) is 22.7 Å². The first-order valence-corrected chi connectivity index (χ1v) is 7.97. The summed E-state index contributed by atoms with van der Waals surface area (Å²) in [5, 5.41) is 4.72. The van der Waals surface area contributed by atoms with E-state index in [1.807, 2.05) is 23.0 Å². The molecule has 1 N–H and O–H groups in total. The molecule has 18 heavy (non-hydrogen) atoms. The maximum atomic E-state index is 4.47. The van der Waals surface area contributed by atoms with Crippen molar-refractivity contribution in [1.29, 1.82) is 0 Å². The van der Waals surface area contributed by atoms with E-state index in [-0.39, 0.29) is 0 Å². The smallest absolute Gasteiger partial charge is 0.109 e. The molecular weight excluding hydrogens is 262 g/mol. The quantitative estimate of drug-likeness (QED) is 0.882. The second-order valence-corrected chi connectivity index (χ2v) is 6.39. The van der Waals surface area contributed by atoms with Crippen LogP contribution in [0.1, 0.15) is 40.3 Å². The highest BCUT2D eigenvalue weighted by atomic mass is 32.1. The third kappa shape index (κ3) is 3.37. The summed E-state index contributed by atoms with van der Waals surface area (Å²) in [7, 11) is 0. The van der Waals surface area contributed by atoms with Crippen LogP contribution in [0, 0.1) is 6.92 Å². The molecule has 0 radical (unpaired) electrons. The van der Waals surface area contributed by atoms with Gasteiger partial charge in [0, 0.05) is 22.5 Å². The fourth-order valence-corrected chi connectivity index (χ4v) is 3.41. The standard InChI is InChI=1S/C13H19N3S2/c1-4-11-7-15-13(18-11)10(3)14-6-5-12-9(2)16-8-17-12/h7-8,10,14H,4-6H2,1-3H3. The zero-order valence-electron chi connectivity index (χ0n) is 11.1. The highest BCUT2D eigenvalue weighted by Crippen LogP contribution is 2.20. The number of nitrogens with one attached hydrogen (secondary N) is 1. The summed E-state index contributed by atoms with van der Waals surface area (Å²) in [5.74, 6) is 0. The van der Waals surface area contributed by atoms with Gasteiger partial charge in [0.1, 0.15) is 5.01 Å². The first-order valence-electron chi connectivity index (χ1n) is 6.27. The monoisotopic (exact) mass is 281 g/mol. The average molecular weight is 281 g/mol. The van der Waals surface area contributed by atoms with Crippen LogP contribution in [-0.2, 0) is 12.8 Å². The third-order valence-corrected chi connectivity index (χ3v) is 5.26. The molecule has 0 spiro atoms. The van der Waals surface area contributed by atoms with Gasteiger partial charge in [-0.25, -0.2) is 9.97 Å². The van der Waals surface area contributed by atoms with Crippen molar-refractivity contribution in [3.63, 3.8) is 0 Å². The van der Waals surface area contributed by atoms with Crippen molar-refractivity contribution < 1.29 is 0 Å². The van der Waals surface area contributed by atoms with Crippen LogP contribution in [0.15, 0.2) is 11.7 Å². The lowest BCUT2D eigenvalue weighted by molar-refractivity contribution is 0.575. The van der Waals surface area contributed by atoms with Gasteiger partial charge in [0.2, 0.25) is 0 Å². The molecule has 0 saturated heterocycles. The molecule has 2 aromatic rings. The molecule has 0 aliphatic heterocycles. The van der Waals surface area contributed by atoms with Crippen molar-refractivity contribution in [2.75, 3.05) is 6.54 Å². The van der Waals surface area contributed by atoms with E-state index in [4.69, 9.17) is 0 Å². The summed E-state index contributed by atoms with van der Waals surface area (Å²) >= 11 is 3.55. The maximum absolute atomic E-state index is 4.47. The van der Waals surface area contributed by atoms with Gasteiger partial charge in [-0.1, -0.05) is 6.92 Å². The summed E-state index contributed by atoms with van der Waals surface area (Å²) in [6.07, 6.45) is 4.11. The van der Waals surface area contributed by atoms with Crippen LogP contribution in [-0.4, -0.2) is 16.5 Å². The summed E-state index contributed by atoms with van der Waals surface area (Å²) in [5.41, 5.74) is 3.08. The van der Waals surface area contributed by atoms with Crippen LogP contribution in [0.4, 0.5) is 0 Å². The Morgan fingerprint density at radius 1 is 1.39 bits per heavy atom. The lowest BCUT2D eigenvalue weighted by Gasteiger charge is -2.10. The van der Waals surface area contributed by atoms with Crippen LogP contribution in [0.3, 0.4) is 0 Å². The normalized spacial score (nSPS) is 12.8. The molecule has 3 nitrogen and oxygen atoms in total. The minimum absolute atomic E-state index is 0.337. The summed E-state index contributed by atoms with van der Waals surface area (Å²) < 4.78 is 0. The lowest BCUT2D eigenvalue weighted by atomic mass is 10.3. The fourth-order valence-electron chi connectivity index (χ4n) is 1.74. The van der Waals surface area contributed by atoms with Gasteiger partial charge in [0.05, 0.1) is 17.2 Å². The first-order chi connectivity index (χ1) is 8.70. The predicted octanol–water partition coefficient (Wildman–Crippen LogP) is 3.36. The number of aromatic nitrogens is 2. The van der Waals surface area contributed by atoms with E-state index >= 15 is 0 Å². The molecule has 0 amide bonds. The van der Waals surface area contributed by atoms with E-state index in [9.17, 15) is 0 Å². The molecule has 0 aliphatic carbocycles. The van der Waals surface area contributed by atoms with E-state index in [2.05, 4.69) is 36.1 Å². The molecular formula is C13H19N3S2. The number of aryl methyl sites for hydroxylation is 2. The average Bonchev–Trinajstić information content (AvgIpc) is 2.98. The van der Waals surface area contributed by atoms with Crippen LogP contribution < -0.4 is 5.32 Å². The van der Waals surface area contributed by atoms with Crippen molar-refractivity contribution in [3.05, 3.63) is 32.2 Å². The Labute approximate surface area is 116 Å². The fraction of sp³-hybridized carbons (Fsp3) is 0.538. The molecule has 0 aromatic carbocycles. The Bertz CT molecular complexity index is 490. The molecule has 0 aliphatic rings. The van der Waals surface area contributed by atoms with E-state index in [1.54, 1.807) is 11.3 Å². The largest absolute Gasteiger partial charge is 0.308 e. The molecule has 5 heteroatoms. The predicted molar refractivity (Wildman–Crippen MR) is 78.5 cm³/mol. The maximum Gasteiger partial charge on any atom is 0.109 e. The van der Waals surface area contributed by atoms with Gasteiger partial charge in [-0.3, -0.25) is 0 Å². The molecule has 0 bridgehead atoms. The molecule has 0 saturated carbocycles. The second kappa shape index (κ2) is 6.41. The molecule has 1 atom stereocenters. The second-order valence-electron chi connectivity index (χ2n) is 4.31. The van der Waals surface area contributed by atoms with Crippen LogP contribution in [0.25, 0.3) is 0 Å². The minimum Gasteiger partial charge on any atom is -0.308 e. The topological polar surface area (TPSA) is 37.8 Å². The van der Waals surface area contributed by atoms with Gasteiger partial charge in [-0.05, 0) is 26.7 Å². The van der Waals surface area contributed by atoms with Crippen LogP contribution >= 0.6 is 22.7 Å². The van der Waals surface area contributed by atoms with Crippen molar-refractivity contribution in [2.45, 2.75) is 39.7 Å². The molecule has 98 valence electrons. The molecule has 2 rings (SSSR count). The Morgan fingerprint density at radius 2 is 2.22 bits per heavy atom. The van der Waals surface area contributed by atoms with Gasteiger partial charge in [0.25, 0.3) is 0 Å². The molecule has 2 heterocycles. The number of hydrogen-bond acceptors (Lipinski definition) is 5. The zero-order chi connectivity index (χ0) is 13.0. The lowest BCUT2D eigenvalue weighted by Crippen LogP contribution is -2.21. The Hall–Kier alpha value is -0.780. The van der Waals surface area contributed by atoms with E-state index in [1.165, 1.54) is 14.8 Å². The van der Waals surface area contributed by atoms with Crippen LogP contribution in [0.2, 0.25) is 0 Å². The molecule has 0 fully saturated rings. The van der Waals surface area contributed by atoms with Gasteiger partial charge < -0.3 is 5.32 Å². The van der Waals surface area contributed by atoms with Crippen molar-refractivity contribution in [2.24, 2.45) is 0 Å². The van der Waals surface area contributed by atoms with Crippen molar-refractivity contribution in [3.8, 4) is 0 Å². The van der Waals surface area contributed by atoms with Gasteiger partial charge in [0.15, 0.2) is 0 Å². The number of rotatable bonds is 6. The Morgan fingerprint density at radius 3 is 2.83 bits per heavy atom. The van der Waals surface area contributed by atoms with Gasteiger partial charge in [-0.2, -0.15) is 0 Å². The van der Waals surface area contributed by atoms with E-state index in [0.29, 0.717) is 6.04 Å². The van der Waals surface area contributed by atoms with Crippen LogP contribution in [0.5, 0.6) is 0 Å². The summed E-state index contributed by atoms with van der Waals surface area (Å²) in [4.78, 5) is 11.5. The zero-order valence-corrected chi connectivity index (χ0v) is 12.7. The highest BCUT2D eigenvalue weighted by Gasteiger charge is 2.09. The summed E-state index contributed by atoms with van der Waals surface area (Å²) in [6, 6.07) is 0.337. The minimum atomic E-state index is 0.337. The molecule has 2 aromatic heterocycles. The number of nitrogens with zero attached hydrogens (tertiary/aromatic N) is 2. The first kappa shape index (κ1) is 13.6. The summed E-state index contributed by atoms with van der Waals surface area (Å²) in [6.45, 7) is 7.40. The van der Waals surface area contributed by atoms with E-state index < -0.39 is 0 Å². The number of hydrogen-bond donors (Lipinski definition) is 1. The van der Waals surface area contributed by atoms with Gasteiger partial charge >= 0.3 is 0 Å². The van der Waals surface area contributed by atoms with Crippen molar-refractivity contribution >= 4 is 22.7 Å². The molecule has 1 unspecified atom stereocenters. The number of thiazole rings is 2. The highest BCUT2D eigenvalue weighted by molar-refractivity contribution is 7.11. The van der Waals surface area contributed by atoms with Crippen molar-refractivity contribution in [1.82, 2.24) is 15.3 Å².